The third-order valence-corrected chi connectivity index (χ3v) is 4.42. The summed E-state index contributed by atoms with van der Waals surface area (Å²) in [4.78, 5) is 2.14. The monoisotopic (exact) mass is 334 g/mol. The van der Waals surface area contributed by atoms with Crippen LogP contribution in [0.3, 0.4) is 0 Å². The fourth-order valence-corrected chi connectivity index (χ4v) is 3.07. The van der Waals surface area contributed by atoms with Crippen LogP contribution in [0, 0.1) is 0 Å². The molecule has 1 aromatic rings. The predicted octanol–water partition coefficient (Wildman–Crippen LogP) is -1.38. The molecule has 3 N–H and O–H groups in total. The van der Waals surface area contributed by atoms with Crippen LogP contribution in [0.1, 0.15) is 5.56 Å². The quantitative estimate of drug-likeness (QED) is 0.636. The fraction of sp³-hybridized carbons (Fsp3) is 0.600. The first kappa shape index (κ1) is 16.4. The lowest BCUT2D eigenvalue weighted by Crippen LogP contribution is -3.28. The number of fused-ring (bicyclic) bond motifs is 1. The third-order valence-electron chi connectivity index (χ3n) is 4.42. The number of aliphatic hydroxyl groups excluding tert-OH is 1. The Hall–Kier alpha value is -1.51. The number of nitrogens with one attached hydrogen (secondary N) is 2. The van der Waals surface area contributed by atoms with Crippen molar-refractivity contribution in [1.82, 2.24) is 0 Å². The molecule has 0 unspecified atom stereocenters. The van der Waals surface area contributed by atoms with Gasteiger partial charge in [-0.3, -0.25) is 0 Å². The van der Waals surface area contributed by atoms with E-state index < -0.39 is 12.3 Å². The highest BCUT2D eigenvalue weighted by atomic mass is 19.4. The summed E-state index contributed by atoms with van der Waals surface area (Å²) >= 11 is 0. The molecule has 0 saturated carbocycles. The molecule has 3 rings (SSSR count). The van der Waals surface area contributed by atoms with Crippen molar-refractivity contribution in [3.8, 4) is 11.5 Å². The first-order valence-electron chi connectivity index (χ1n) is 7.72. The summed E-state index contributed by atoms with van der Waals surface area (Å²) in [6, 6.07) is 5.84. The standard InChI is InChI=1S/C15H19F3N2O3/c16-15(17,18)14(21)9-20-5-3-19(4-6-20)8-11-1-2-12-13(7-11)23-10-22-12/h1-2,7,14,21H,3-6,8-10H2/p+2/t14-/m0/s1. The van der Waals surface area contributed by atoms with Gasteiger partial charge in [0.25, 0.3) is 0 Å². The number of piperazine rings is 1. The Kier molecular flexibility index (Phi) is 4.65. The van der Waals surface area contributed by atoms with Crippen LogP contribution >= 0.6 is 0 Å². The predicted molar refractivity (Wildman–Crippen MR) is 74.6 cm³/mol. The van der Waals surface area contributed by atoms with E-state index in [0.717, 1.165) is 41.6 Å². The van der Waals surface area contributed by atoms with E-state index in [0.29, 0.717) is 13.1 Å². The molecule has 5 nitrogen and oxygen atoms in total. The molecule has 0 radical (unpaired) electrons. The zero-order valence-corrected chi connectivity index (χ0v) is 12.7. The van der Waals surface area contributed by atoms with Gasteiger partial charge in [-0.15, -0.1) is 0 Å². The minimum absolute atomic E-state index is 0.245. The second-order valence-corrected chi connectivity index (χ2v) is 6.13. The van der Waals surface area contributed by atoms with Crippen LogP contribution in [0.2, 0.25) is 0 Å². The molecule has 8 heteroatoms. The summed E-state index contributed by atoms with van der Waals surface area (Å²) in [6.07, 6.45) is -6.75. The van der Waals surface area contributed by atoms with Gasteiger partial charge in [0.2, 0.25) is 6.79 Å². The second-order valence-electron chi connectivity index (χ2n) is 6.13. The third kappa shape index (κ3) is 4.07. The van der Waals surface area contributed by atoms with Gasteiger partial charge in [0, 0.05) is 5.56 Å². The van der Waals surface area contributed by atoms with Gasteiger partial charge in [-0.25, -0.2) is 0 Å². The number of hydrogen-bond donors (Lipinski definition) is 3. The summed E-state index contributed by atoms with van der Waals surface area (Å²) in [7, 11) is 0. The Morgan fingerprint density at radius 2 is 1.70 bits per heavy atom. The van der Waals surface area contributed by atoms with Gasteiger partial charge >= 0.3 is 6.18 Å². The van der Waals surface area contributed by atoms with E-state index in [-0.39, 0.29) is 13.3 Å². The lowest BCUT2D eigenvalue weighted by Gasteiger charge is -2.31. The van der Waals surface area contributed by atoms with Crippen molar-refractivity contribution in [2.75, 3.05) is 39.5 Å². The Morgan fingerprint density at radius 3 is 2.39 bits per heavy atom. The van der Waals surface area contributed by atoms with Crippen molar-refractivity contribution in [3.63, 3.8) is 0 Å². The number of ether oxygens (including phenoxy) is 2. The van der Waals surface area contributed by atoms with E-state index in [1.54, 1.807) is 0 Å². The Labute approximate surface area is 132 Å². The van der Waals surface area contributed by atoms with Gasteiger partial charge in [0.1, 0.15) is 39.3 Å². The minimum atomic E-state index is -4.52. The summed E-state index contributed by atoms with van der Waals surface area (Å²) in [5.74, 6) is 1.50. The molecule has 128 valence electrons. The number of benzene rings is 1. The van der Waals surface area contributed by atoms with E-state index in [2.05, 4.69) is 0 Å². The molecular formula is C15H21F3N2O3+2. The minimum Gasteiger partial charge on any atom is -0.454 e. The maximum Gasteiger partial charge on any atom is 0.419 e. The molecule has 2 aliphatic heterocycles. The van der Waals surface area contributed by atoms with Crippen molar-refractivity contribution in [2.24, 2.45) is 0 Å². The maximum atomic E-state index is 12.4. The zero-order valence-electron chi connectivity index (χ0n) is 12.7. The van der Waals surface area contributed by atoms with E-state index >= 15 is 0 Å². The number of hydrogen-bond acceptors (Lipinski definition) is 3. The molecule has 0 aliphatic carbocycles. The SMILES string of the molecule is O[C@@H](C[NH+]1CC[NH+](Cc2ccc3c(c2)OCO3)CC1)C(F)(F)F. The molecule has 1 fully saturated rings. The van der Waals surface area contributed by atoms with Gasteiger partial charge in [-0.1, -0.05) is 0 Å². The van der Waals surface area contributed by atoms with Crippen LogP contribution in [-0.2, 0) is 6.54 Å². The van der Waals surface area contributed by atoms with Crippen LogP contribution in [0.15, 0.2) is 18.2 Å². The second kappa shape index (κ2) is 6.54. The largest absolute Gasteiger partial charge is 0.454 e. The van der Waals surface area contributed by atoms with Crippen LogP contribution in [0.25, 0.3) is 0 Å². The highest BCUT2D eigenvalue weighted by Gasteiger charge is 2.41. The topological polar surface area (TPSA) is 47.6 Å². The summed E-state index contributed by atoms with van der Waals surface area (Å²) in [5.41, 5.74) is 1.13. The fourth-order valence-electron chi connectivity index (χ4n) is 3.07. The molecule has 0 amide bonds. The van der Waals surface area contributed by atoms with Crippen molar-refractivity contribution in [1.29, 1.82) is 0 Å². The van der Waals surface area contributed by atoms with Crippen molar-refractivity contribution < 1.29 is 37.6 Å². The lowest BCUT2D eigenvalue weighted by atomic mass is 10.1. The summed E-state index contributed by atoms with van der Waals surface area (Å²) in [5, 5.41) is 9.15. The molecule has 2 aliphatic rings. The number of halogens is 3. The number of alkyl halides is 3. The average Bonchev–Trinajstić information content (AvgIpc) is 2.96. The van der Waals surface area contributed by atoms with Gasteiger partial charge in [-0.05, 0) is 18.2 Å². The van der Waals surface area contributed by atoms with Crippen molar-refractivity contribution >= 4 is 0 Å². The van der Waals surface area contributed by atoms with Crippen LogP contribution in [0.5, 0.6) is 11.5 Å². The molecule has 2 heterocycles. The Morgan fingerprint density at radius 1 is 1.04 bits per heavy atom. The van der Waals surface area contributed by atoms with Crippen LogP contribution in [-0.4, -0.2) is 56.9 Å². The number of rotatable bonds is 4. The van der Waals surface area contributed by atoms with Gasteiger partial charge < -0.3 is 24.4 Å². The van der Waals surface area contributed by atoms with Crippen LogP contribution in [0.4, 0.5) is 13.2 Å². The van der Waals surface area contributed by atoms with Gasteiger partial charge in [0.05, 0.1) is 0 Å². The Bertz CT molecular complexity index is 545. The normalized spacial score (nSPS) is 25.4. The molecule has 0 spiro atoms. The average molecular weight is 334 g/mol. The molecule has 0 aromatic heterocycles. The summed E-state index contributed by atoms with van der Waals surface area (Å²) in [6.45, 7) is 3.63. The molecule has 1 atom stereocenters. The zero-order chi connectivity index (χ0) is 16.4. The van der Waals surface area contributed by atoms with Crippen LogP contribution < -0.4 is 19.3 Å². The lowest BCUT2D eigenvalue weighted by molar-refractivity contribution is -1.02. The summed E-state index contributed by atoms with van der Waals surface area (Å²) < 4.78 is 47.8. The van der Waals surface area contributed by atoms with E-state index in [1.807, 2.05) is 18.2 Å². The highest BCUT2D eigenvalue weighted by Crippen LogP contribution is 2.32. The van der Waals surface area contributed by atoms with Gasteiger partial charge in [-0.2, -0.15) is 13.2 Å². The Balaban J connectivity index is 1.48. The van der Waals surface area contributed by atoms with E-state index in [9.17, 15) is 13.2 Å². The molecule has 23 heavy (non-hydrogen) atoms. The van der Waals surface area contributed by atoms with E-state index in [1.165, 1.54) is 4.90 Å². The molecular weight excluding hydrogens is 313 g/mol. The van der Waals surface area contributed by atoms with Crippen molar-refractivity contribution in [3.05, 3.63) is 23.8 Å². The smallest absolute Gasteiger partial charge is 0.419 e. The number of quaternary nitrogens is 2. The molecule has 1 saturated heterocycles. The molecule has 1 aromatic carbocycles. The molecule has 0 bridgehead atoms. The first-order valence-corrected chi connectivity index (χ1v) is 7.72. The van der Waals surface area contributed by atoms with Gasteiger partial charge in [0.15, 0.2) is 17.6 Å². The number of aliphatic hydroxyl groups is 1. The van der Waals surface area contributed by atoms with E-state index in [4.69, 9.17) is 14.6 Å². The maximum absolute atomic E-state index is 12.4. The highest BCUT2D eigenvalue weighted by molar-refractivity contribution is 5.44. The first-order chi connectivity index (χ1) is 10.9. The van der Waals surface area contributed by atoms with Crippen molar-refractivity contribution in [2.45, 2.75) is 18.8 Å².